The predicted molar refractivity (Wildman–Crippen MR) is 62.8 cm³/mol. The minimum absolute atomic E-state index is 0.305. The zero-order chi connectivity index (χ0) is 11.7. The molecule has 88 valence electrons. The molecule has 16 heavy (non-hydrogen) atoms. The van der Waals surface area contributed by atoms with Gasteiger partial charge in [-0.25, -0.2) is 12.9 Å². The summed E-state index contributed by atoms with van der Waals surface area (Å²) in [6, 6.07) is 6.66. The lowest BCUT2D eigenvalue weighted by Crippen LogP contribution is -2.34. The highest BCUT2D eigenvalue weighted by atomic mass is 32.2. The van der Waals surface area contributed by atoms with Gasteiger partial charge >= 0.3 is 0 Å². The van der Waals surface area contributed by atoms with Crippen LogP contribution in [0.5, 0.6) is 0 Å². The molecule has 3 atom stereocenters. The molecule has 0 amide bonds. The maximum absolute atomic E-state index is 13.1. The summed E-state index contributed by atoms with van der Waals surface area (Å²) in [6.07, 6.45) is 2.12. The first-order valence-corrected chi connectivity index (χ1v) is 6.66. The van der Waals surface area contributed by atoms with E-state index < -0.39 is 11.0 Å². The molecule has 1 aliphatic rings. The van der Waals surface area contributed by atoms with Crippen LogP contribution in [-0.4, -0.2) is 20.6 Å². The van der Waals surface area contributed by atoms with Gasteiger partial charge in [-0.2, -0.15) is 0 Å². The standard InChI is InChI=1S/C12H16FNOS/c1-9-6-7-10(2)14(9)16(15)12-5-3-4-11(13)8-12/h3-5,8-10H,6-7H2,1-2H3. The second-order valence-electron chi connectivity index (χ2n) is 4.34. The van der Waals surface area contributed by atoms with E-state index in [0.29, 0.717) is 17.0 Å². The quantitative estimate of drug-likeness (QED) is 0.779. The van der Waals surface area contributed by atoms with Crippen molar-refractivity contribution in [2.75, 3.05) is 0 Å². The van der Waals surface area contributed by atoms with Crippen LogP contribution in [0, 0.1) is 5.82 Å². The number of halogens is 1. The molecule has 3 unspecified atom stereocenters. The first-order chi connectivity index (χ1) is 7.59. The minimum Gasteiger partial charge on any atom is -0.237 e. The molecule has 0 N–H and O–H groups in total. The van der Waals surface area contributed by atoms with Crippen LogP contribution < -0.4 is 0 Å². The van der Waals surface area contributed by atoms with Crippen molar-refractivity contribution in [1.29, 1.82) is 0 Å². The molecule has 1 saturated heterocycles. The third-order valence-electron chi connectivity index (χ3n) is 3.06. The molecule has 0 radical (unpaired) electrons. The number of nitrogens with zero attached hydrogens (tertiary/aromatic N) is 1. The van der Waals surface area contributed by atoms with Gasteiger partial charge in [-0.05, 0) is 44.9 Å². The number of benzene rings is 1. The van der Waals surface area contributed by atoms with E-state index in [2.05, 4.69) is 13.8 Å². The average molecular weight is 241 g/mol. The molecule has 2 rings (SSSR count). The molecule has 0 aliphatic carbocycles. The van der Waals surface area contributed by atoms with Crippen molar-refractivity contribution in [3.8, 4) is 0 Å². The fourth-order valence-electron chi connectivity index (χ4n) is 2.20. The number of rotatable bonds is 2. The zero-order valence-corrected chi connectivity index (χ0v) is 10.3. The third-order valence-corrected chi connectivity index (χ3v) is 4.82. The van der Waals surface area contributed by atoms with E-state index in [1.807, 2.05) is 4.31 Å². The van der Waals surface area contributed by atoms with Crippen LogP contribution in [0.2, 0.25) is 0 Å². The Morgan fingerprint density at radius 2 is 1.94 bits per heavy atom. The Hall–Kier alpha value is -0.740. The van der Waals surface area contributed by atoms with E-state index in [1.54, 1.807) is 12.1 Å². The highest BCUT2D eigenvalue weighted by molar-refractivity contribution is 7.82. The molecule has 0 aromatic heterocycles. The Bertz CT molecular complexity index is 400. The number of hydrogen-bond donors (Lipinski definition) is 0. The van der Waals surface area contributed by atoms with Crippen molar-refractivity contribution in [2.24, 2.45) is 0 Å². The average Bonchev–Trinajstić information content (AvgIpc) is 2.58. The Balaban J connectivity index is 2.25. The van der Waals surface area contributed by atoms with Gasteiger partial charge in [0.1, 0.15) is 16.8 Å². The lowest BCUT2D eigenvalue weighted by Gasteiger charge is -2.24. The van der Waals surface area contributed by atoms with Crippen LogP contribution in [-0.2, 0) is 11.0 Å². The monoisotopic (exact) mass is 241 g/mol. The van der Waals surface area contributed by atoms with Gasteiger partial charge in [0.05, 0.1) is 4.90 Å². The maximum Gasteiger partial charge on any atom is 0.128 e. The van der Waals surface area contributed by atoms with Crippen molar-refractivity contribution in [3.05, 3.63) is 30.1 Å². The van der Waals surface area contributed by atoms with E-state index in [0.717, 1.165) is 12.8 Å². The largest absolute Gasteiger partial charge is 0.237 e. The van der Waals surface area contributed by atoms with E-state index in [1.165, 1.54) is 12.1 Å². The summed E-state index contributed by atoms with van der Waals surface area (Å²) in [5.74, 6) is -0.328. The van der Waals surface area contributed by atoms with Gasteiger partial charge < -0.3 is 0 Å². The van der Waals surface area contributed by atoms with Gasteiger partial charge in [0.15, 0.2) is 0 Å². The van der Waals surface area contributed by atoms with Crippen molar-refractivity contribution in [1.82, 2.24) is 4.31 Å². The van der Waals surface area contributed by atoms with Gasteiger partial charge in [-0.3, -0.25) is 0 Å². The first kappa shape index (κ1) is 11.7. The molecule has 2 nitrogen and oxygen atoms in total. The number of hydrogen-bond acceptors (Lipinski definition) is 1. The summed E-state index contributed by atoms with van der Waals surface area (Å²) in [5, 5.41) is 0. The lowest BCUT2D eigenvalue weighted by molar-refractivity contribution is 0.374. The van der Waals surface area contributed by atoms with Crippen LogP contribution in [0.25, 0.3) is 0 Å². The van der Waals surface area contributed by atoms with E-state index in [-0.39, 0.29) is 5.82 Å². The molecule has 1 fully saturated rings. The highest BCUT2D eigenvalue weighted by Crippen LogP contribution is 2.28. The fourth-order valence-corrected chi connectivity index (χ4v) is 3.71. The summed E-state index contributed by atoms with van der Waals surface area (Å²) in [4.78, 5) is 0.556. The molecule has 4 heteroatoms. The van der Waals surface area contributed by atoms with Crippen LogP contribution in [0.4, 0.5) is 4.39 Å². The molecule has 0 saturated carbocycles. The molecular formula is C12H16FNOS. The topological polar surface area (TPSA) is 20.3 Å². The van der Waals surface area contributed by atoms with Crippen LogP contribution in [0.3, 0.4) is 0 Å². The van der Waals surface area contributed by atoms with Crippen LogP contribution >= 0.6 is 0 Å². The third kappa shape index (κ3) is 2.18. The Labute approximate surface area is 98.1 Å². The molecule has 1 heterocycles. The van der Waals surface area contributed by atoms with Gasteiger partial charge in [0.25, 0.3) is 0 Å². The summed E-state index contributed by atoms with van der Waals surface area (Å²) >= 11 is 0. The van der Waals surface area contributed by atoms with Crippen molar-refractivity contribution >= 4 is 11.0 Å². The van der Waals surface area contributed by atoms with Crippen LogP contribution in [0.15, 0.2) is 29.2 Å². The lowest BCUT2D eigenvalue weighted by atomic mass is 10.2. The van der Waals surface area contributed by atoms with Crippen molar-refractivity contribution in [3.63, 3.8) is 0 Å². The van der Waals surface area contributed by atoms with E-state index in [9.17, 15) is 8.60 Å². The molecule has 1 aliphatic heterocycles. The normalized spacial score (nSPS) is 28.2. The minimum atomic E-state index is -1.24. The summed E-state index contributed by atoms with van der Waals surface area (Å²) < 4.78 is 27.3. The van der Waals surface area contributed by atoms with Crippen molar-refractivity contribution < 1.29 is 8.60 Å². The molecule has 0 spiro atoms. The Morgan fingerprint density at radius 1 is 1.31 bits per heavy atom. The zero-order valence-electron chi connectivity index (χ0n) is 9.52. The second kappa shape index (κ2) is 4.63. The van der Waals surface area contributed by atoms with E-state index >= 15 is 0 Å². The molecular weight excluding hydrogens is 225 g/mol. The molecule has 1 aromatic rings. The highest BCUT2D eigenvalue weighted by Gasteiger charge is 2.32. The van der Waals surface area contributed by atoms with Gasteiger partial charge in [0, 0.05) is 12.1 Å². The maximum atomic E-state index is 13.1. The van der Waals surface area contributed by atoms with Gasteiger partial charge in [-0.1, -0.05) is 6.07 Å². The summed E-state index contributed by atoms with van der Waals surface area (Å²) in [5.41, 5.74) is 0. The molecule has 0 bridgehead atoms. The summed E-state index contributed by atoms with van der Waals surface area (Å²) in [7, 11) is -1.24. The van der Waals surface area contributed by atoms with Gasteiger partial charge in [-0.15, -0.1) is 0 Å². The summed E-state index contributed by atoms with van der Waals surface area (Å²) in [6.45, 7) is 4.14. The van der Waals surface area contributed by atoms with Gasteiger partial charge in [0.2, 0.25) is 0 Å². The van der Waals surface area contributed by atoms with Crippen LogP contribution in [0.1, 0.15) is 26.7 Å². The van der Waals surface area contributed by atoms with E-state index in [4.69, 9.17) is 0 Å². The predicted octanol–water partition coefficient (Wildman–Crippen LogP) is 2.72. The Kier molecular flexibility index (Phi) is 3.40. The molecule has 1 aromatic carbocycles. The Morgan fingerprint density at radius 3 is 2.50 bits per heavy atom. The SMILES string of the molecule is CC1CCC(C)N1S(=O)c1cccc(F)c1. The fraction of sp³-hybridized carbons (Fsp3) is 0.500. The van der Waals surface area contributed by atoms with Crippen molar-refractivity contribution in [2.45, 2.75) is 43.7 Å². The smallest absolute Gasteiger partial charge is 0.128 e. The first-order valence-electron chi connectivity index (χ1n) is 5.55. The second-order valence-corrected chi connectivity index (χ2v) is 5.73.